The van der Waals surface area contributed by atoms with Crippen molar-refractivity contribution in [3.63, 3.8) is 0 Å². The molecule has 0 saturated heterocycles. The van der Waals surface area contributed by atoms with Crippen LogP contribution in [0.15, 0.2) is 60.7 Å². The topological polar surface area (TPSA) is 88.1 Å². The Bertz CT molecular complexity index is 1010. The lowest BCUT2D eigenvalue weighted by Gasteiger charge is -2.38. The highest BCUT2D eigenvalue weighted by atomic mass is 16.5. The number of benzene rings is 2. The van der Waals surface area contributed by atoms with Crippen LogP contribution >= 0.6 is 0 Å². The van der Waals surface area contributed by atoms with Crippen molar-refractivity contribution in [1.29, 1.82) is 0 Å². The smallest absolute Gasteiger partial charge is 0.329 e. The van der Waals surface area contributed by atoms with Crippen LogP contribution in [0, 0.1) is 11.8 Å². The number of amides is 1. The molecule has 1 fully saturated rings. The molecule has 2 aromatic carbocycles. The second-order valence-electron chi connectivity index (χ2n) is 9.01. The van der Waals surface area contributed by atoms with E-state index in [0.29, 0.717) is 25.0 Å². The highest BCUT2D eigenvalue weighted by Gasteiger charge is 2.32. The number of hydrogen-bond donors (Lipinski definition) is 2. The summed E-state index contributed by atoms with van der Waals surface area (Å²) in [5.41, 5.74) is 6.40. The number of hydrazine groups is 1. The van der Waals surface area contributed by atoms with Crippen molar-refractivity contribution in [3.8, 4) is 5.75 Å². The second kappa shape index (κ2) is 11.3. The molecule has 1 heterocycles. The molecule has 180 valence electrons. The predicted molar refractivity (Wildman–Crippen MR) is 129 cm³/mol. The first kappa shape index (κ1) is 24.0. The van der Waals surface area contributed by atoms with E-state index in [4.69, 9.17) is 14.6 Å². The fourth-order valence-electron chi connectivity index (χ4n) is 4.90. The molecule has 0 spiro atoms. The Kier molecular flexibility index (Phi) is 7.98. The number of para-hydroxylation sites is 1. The van der Waals surface area contributed by atoms with Gasteiger partial charge in [0.2, 0.25) is 0 Å². The van der Waals surface area contributed by atoms with Crippen LogP contribution in [-0.4, -0.2) is 48.9 Å². The minimum atomic E-state index is -0.934. The minimum Gasteiger partial charge on any atom is -0.496 e. The number of carbonyl (C=O) groups excluding carboxylic acids is 1. The lowest BCUT2D eigenvalue weighted by atomic mass is 9.82. The molecular weight excluding hydrogens is 432 g/mol. The van der Waals surface area contributed by atoms with Gasteiger partial charge in [0, 0.05) is 18.2 Å². The summed E-state index contributed by atoms with van der Waals surface area (Å²) in [6.07, 6.45) is 5.68. The van der Waals surface area contributed by atoms with E-state index < -0.39 is 5.97 Å². The zero-order valence-corrected chi connectivity index (χ0v) is 19.5. The number of rotatable bonds is 9. The molecular formula is C27H32N2O5. The lowest BCUT2D eigenvalue weighted by Crippen LogP contribution is -2.50. The van der Waals surface area contributed by atoms with E-state index >= 15 is 0 Å². The molecule has 2 N–H and O–H groups in total. The van der Waals surface area contributed by atoms with Gasteiger partial charge in [-0.3, -0.25) is 9.80 Å². The molecule has 0 aromatic heterocycles. The molecule has 34 heavy (non-hydrogen) atoms. The van der Waals surface area contributed by atoms with Crippen molar-refractivity contribution >= 4 is 17.4 Å². The molecule has 2 aliphatic rings. The summed E-state index contributed by atoms with van der Waals surface area (Å²) in [6.45, 7) is 0.872. The molecule has 1 amide bonds. The van der Waals surface area contributed by atoms with E-state index in [1.54, 1.807) is 18.2 Å². The largest absolute Gasteiger partial charge is 0.496 e. The monoisotopic (exact) mass is 464 g/mol. The van der Waals surface area contributed by atoms with Crippen LogP contribution in [0.25, 0.3) is 5.57 Å². The number of ether oxygens (including phenoxy) is 2. The van der Waals surface area contributed by atoms with Crippen LogP contribution < -0.4 is 10.2 Å². The zero-order chi connectivity index (χ0) is 23.9. The fourth-order valence-corrected chi connectivity index (χ4v) is 4.90. The van der Waals surface area contributed by atoms with Crippen molar-refractivity contribution in [2.45, 2.75) is 31.7 Å². The van der Waals surface area contributed by atoms with Gasteiger partial charge < -0.3 is 14.6 Å². The van der Waals surface area contributed by atoms with Gasteiger partial charge >= 0.3 is 5.97 Å². The summed E-state index contributed by atoms with van der Waals surface area (Å²) in [5, 5.41) is 10.5. The van der Waals surface area contributed by atoms with Crippen LogP contribution in [0.1, 0.15) is 42.9 Å². The van der Waals surface area contributed by atoms with E-state index in [-0.39, 0.29) is 18.6 Å². The highest BCUT2D eigenvalue weighted by Crippen LogP contribution is 2.38. The van der Waals surface area contributed by atoms with Crippen molar-refractivity contribution in [2.24, 2.45) is 11.8 Å². The molecule has 1 aliphatic heterocycles. The molecule has 1 aliphatic carbocycles. The van der Waals surface area contributed by atoms with Gasteiger partial charge in [-0.15, -0.1) is 0 Å². The lowest BCUT2D eigenvalue weighted by molar-refractivity contribution is -0.142. The van der Waals surface area contributed by atoms with E-state index in [0.717, 1.165) is 48.1 Å². The van der Waals surface area contributed by atoms with Gasteiger partial charge in [0.05, 0.1) is 19.8 Å². The Morgan fingerprint density at radius 1 is 1.03 bits per heavy atom. The van der Waals surface area contributed by atoms with Crippen LogP contribution in [0.2, 0.25) is 0 Å². The third kappa shape index (κ3) is 5.85. The number of nitrogens with one attached hydrogen (secondary N) is 1. The van der Waals surface area contributed by atoms with E-state index in [1.807, 2.05) is 54.6 Å². The number of methoxy groups -OCH3 is 1. The Balaban J connectivity index is 1.47. The van der Waals surface area contributed by atoms with Gasteiger partial charge in [-0.1, -0.05) is 48.5 Å². The van der Waals surface area contributed by atoms with Crippen molar-refractivity contribution in [3.05, 3.63) is 71.8 Å². The quantitative estimate of drug-likeness (QED) is 0.582. The van der Waals surface area contributed by atoms with Crippen LogP contribution in [-0.2, 0) is 14.3 Å². The second-order valence-corrected chi connectivity index (χ2v) is 9.01. The summed E-state index contributed by atoms with van der Waals surface area (Å²) in [7, 11) is 1.66. The average Bonchev–Trinajstić information content (AvgIpc) is 2.86. The Labute approximate surface area is 200 Å². The van der Waals surface area contributed by atoms with Crippen LogP contribution in [0.3, 0.4) is 0 Å². The number of carbonyl (C=O) groups is 2. The molecule has 1 saturated carbocycles. The van der Waals surface area contributed by atoms with Crippen molar-refractivity contribution in [2.75, 3.05) is 26.9 Å². The van der Waals surface area contributed by atoms with Gasteiger partial charge in [-0.2, -0.15) is 0 Å². The molecule has 0 radical (unpaired) electrons. The number of hydrogen-bond acceptors (Lipinski definition) is 5. The molecule has 1 unspecified atom stereocenters. The summed E-state index contributed by atoms with van der Waals surface area (Å²) in [5.74, 6) is 0.564. The third-order valence-corrected chi connectivity index (χ3v) is 6.68. The minimum absolute atomic E-state index is 0.0445. The maximum absolute atomic E-state index is 13.1. The summed E-state index contributed by atoms with van der Waals surface area (Å²) in [6, 6.07) is 17.6. The third-order valence-electron chi connectivity index (χ3n) is 6.68. The SMILES string of the molecule is COc1ccccc1C1NN(C[C@H]2CC[C@@H](COCC(=O)O)CC2)C(=O)C=C1c1ccccc1. The first-order valence-electron chi connectivity index (χ1n) is 11.8. The number of carboxylic acid groups (broad SMARTS) is 1. The number of carboxylic acids is 1. The first-order valence-corrected chi connectivity index (χ1v) is 11.8. The maximum atomic E-state index is 13.1. The van der Waals surface area contributed by atoms with Crippen molar-refractivity contribution < 1.29 is 24.2 Å². The normalized spacial score (nSPS) is 22.9. The van der Waals surface area contributed by atoms with Gasteiger partial charge in [0.1, 0.15) is 12.4 Å². The first-order chi connectivity index (χ1) is 16.5. The molecule has 2 aromatic rings. The maximum Gasteiger partial charge on any atom is 0.329 e. The Morgan fingerprint density at radius 2 is 1.71 bits per heavy atom. The van der Waals surface area contributed by atoms with E-state index in [9.17, 15) is 9.59 Å². The summed E-state index contributed by atoms with van der Waals surface area (Å²) < 4.78 is 10.9. The van der Waals surface area contributed by atoms with Gasteiger partial charge in [0.25, 0.3) is 5.91 Å². The standard InChI is InChI=1S/C27H32N2O5/c1-33-24-10-6-5-9-22(24)27-23(21-7-3-2-4-8-21)15-25(30)29(28-27)16-19-11-13-20(14-12-19)17-34-18-26(31)32/h2-10,15,19-20,27-28H,11-14,16-18H2,1H3,(H,31,32)/t19-,20+,27?. The summed E-state index contributed by atoms with van der Waals surface area (Å²) in [4.78, 5) is 23.8. The van der Waals surface area contributed by atoms with Crippen molar-refractivity contribution in [1.82, 2.24) is 10.4 Å². The van der Waals surface area contributed by atoms with Gasteiger partial charge in [-0.25, -0.2) is 10.2 Å². The highest BCUT2D eigenvalue weighted by molar-refractivity contribution is 5.98. The van der Waals surface area contributed by atoms with Crippen LogP contribution in [0.4, 0.5) is 0 Å². The van der Waals surface area contributed by atoms with Crippen LogP contribution in [0.5, 0.6) is 5.75 Å². The fraction of sp³-hybridized carbons (Fsp3) is 0.407. The van der Waals surface area contributed by atoms with E-state index in [1.165, 1.54) is 0 Å². The molecule has 1 atom stereocenters. The average molecular weight is 465 g/mol. The Hall–Kier alpha value is -3.16. The van der Waals surface area contributed by atoms with Gasteiger partial charge in [0.15, 0.2) is 0 Å². The predicted octanol–water partition coefficient (Wildman–Crippen LogP) is 4.07. The van der Waals surface area contributed by atoms with Gasteiger partial charge in [-0.05, 0) is 54.7 Å². The number of nitrogens with zero attached hydrogens (tertiary/aromatic N) is 1. The molecule has 0 bridgehead atoms. The zero-order valence-electron chi connectivity index (χ0n) is 19.5. The Morgan fingerprint density at radius 3 is 2.41 bits per heavy atom. The number of aliphatic carboxylic acids is 1. The molecule has 4 rings (SSSR count). The molecule has 7 heteroatoms. The summed E-state index contributed by atoms with van der Waals surface area (Å²) >= 11 is 0. The molecule has 7 nitrogen and oxygen atoms in total. The van der Waals surface area contributed by atoms with E-state index in [2.05, 4.69) is 5.43 Å².